The van der Waals surface area contributed by atoms with Crippen molar-refractivity contribution in [1.82, 2.24) is 14.5 Å². The second-order valence-electron chi connectivity index (χ2n) is 4.00. The number of aromatic nitrogens is 3. The second-order valence-corrected chi connectivity index (χ2v) is 6.03. The molecule has 0 saturated carbocycles. The normalized spacial score (nSPS) is 11.1. The van der Waals surface area contributed by atoms with Crippen molar-refractivity contribution in [3.8, 4) is 11.4 Å². The van der Waals surface area contributed by atoms with E-state index in [1.807, 2.05) is 36.6 Å². The summed E-state index contributed by atoms with van der Waals surface area (Å²) in [6.07, 6.45) is 1.94. The van der Waals surface area contributed by atoms with E-state index in [1.165, 1.54) is 23.1 Å². The van der Waals surface area contributed by atoms with Crippen LogP contribution in [0.15, 0.2) is 39.5 Å². The summed E-state index contributed by atoms with van der Waals surface area (Å²) in [5.41, 5.74) is 1.29. The summed E-state index contributed by atoms with van der Waals surface area (Å²) < 4.78 is 2.42. The zero-order chi connectivity index (χ0) is 13.4. The molecule has 0 amide bonds. The van der Waals surface area contributed by atoms with E-state index < -0.39 is 0 Å². The fraction of sp³-hybridized carbons (Fsp3) is 0.154. The number of hydrogen-bond acceptors (Lipinski definition) is 5. The van der Waals surface area contributed by atoms with Gasteiger partial charge in [-0.25, -0.2) is 9.97 Å². The Kier molecular flexibility index (Phi) is 3.12. The van der Waals surface area contributed by atoms with Crippen LogP contribution in [0.5, 0.6) is 0 Å². The standard InChI is InChI=1S/C13H11N3OS2/c1-16-10(8-6-4-3-5-7-8)15-11-9(12(16)17)14-13(18-2)19-11/h3-7H,1-2H3. The lowest BCUT2D eigenvalue weighted by Crippen LogP contribution is -2.20. The third-order valence-corrected chi connectivity index (χ3v) is 4.76. The Morgan fingerprint density at radius 3 is 2.63 bits per heavy atom. The maximum absolute atomic E-state index is 12.3. The molecule has 2 heterocycles. The highest BCUT2D eigenvalue weighted by Gasteiger charge is 2.14. The molecule has 2 aromatic heterocycles. The average Bonchev–Trinajstić information content (AvgIpc) is 2.87. The van der Waals surface area contributed by atoms with E-state index >= 15 is 0 Å². The van der Waals surface area contributed by atoms with E-state index in [2.05, 4.69) is 9.97 Å². The molecule has 0 aliphatic carbocycles. The molecule has 0 radical (unpaired) electrons. The van der Waals surface area contributed by atoms with E-state index in [4.69, 9.17) is 0 Å². The molecule has 0 spiro atoms. The Balaban J connectivity index is 2.32. The summed E-state index contributed by atoms with van der Waals surface area (Å²) in [6, 6.07) is 9.71. The summed E-state index contributed by atoms with van der Waals surface area (Å²) >= 11 is 2.99. The Morgan fingerprint density at radius 2 is 1.95 bits per heavy atom. The number of thiazole rings is 1. The number of nitrogens with zero attached hydrogens (tertiary/aromatic N) is 3. The van der Waals surface area contributed by atoms with Crippen LogP contribution in [0.25, 0.3) is 21.7 Å². The van der Waals surface area contributed by atoms with Crippen LogP contribution in [0.4, 0.5) is 0 Å². The van der Waals surface area contributed by atoms with Crippen molar-refractivity contribution in [2.75, 3.05) is 6.26 Å². The molecule has 3 aromatic rings. The molecular weight excluding hydrogens is 278 g/mol. The predicted molar refractivity (Wildman–Crippen MR) is 79.9 cm³/mol. The molecule has 19 heavy (non-hydrogen) atoms. The summed E-state index contributed by atoms with van der Waals surface area (Å²) in [4.78, 5) is 21.9. The maximum Gasteiger partial charge on any atom is 0.280 e. The van der Waals surface area contributed by atoms with Crippen molar-refractivity contribution >= 4 is 33.4 Å². The Bertz CT molecular complexity index is 793. The van der Waals surface area contributed by atoms with E-state index in [0.717, 1.165) is 9.90 Å². The van der Waals surface area contributed by atoms with Gasteiger partial charge >= 0.3 is 0 Å². The first-order valence-electron chi connectivity index (χ1n) is 5.67. The molecule has 0 aliphatic heterocycles. The summed E-state index contributed by atoms with van der Waals surface area (Å²) in [5.74, 6) is 0.675. The van der Waals surface area contributed by atoms with Crippen molar-refractivity contribution in [3.63, 3.8) is 0 Å². The third-order valence-electron chi connectivity index (χ3n) is 2.83. The third kappa shape index (κ3) is 2.06. The maximum atomic E-state index is 12.3. The highest BCUT2D eigenvalue weighted by molar-refractivity contribution is 8.00. The first-order chi connectivity index (χ1) is 9.20. The van der Waals surface area contributed by atoms with Gasteiger partial charge in [-0.1, -0.05) is 53.4 Å². The second kappa shape index (κ2) is 4.79. The number of hydrogen-bond donors (Lipinski definition) is 0. The molecule has 0 saturated heterocycles. The molecule has 1 aromatic carbocycles. The number of rotatable bonds is 2. The van der Waals surface area contributed by atoms with Crippen LogP contribution in [-0.4, -0.2) is 20.8 Å². The number of thioether (sulfide) groups is 1. The quantitative estimate of drug-likeness (QED) is 0.681. The molecule has 4 nitrogen and oxygen atoms in total. The van der Waals surface area contributed by atoms with Gasteiger partial charge < -0.3 is 0 Å². The van der Waals surface area contributed by atoms with Gasteiger partial charge in [0.25, 0.3) is 5.56 Å². The van der Waals surface area contributed by atoms with E-state index in [9.17, 15) is 4.79 Å². The fourth-order valence-corrected chi connectivity index (χ4v) is 3.28. The Hall–Kier alpha value is -1.66. The van der Waals surface area contributed by atoms with Crippen LogP contribution >= 0.6 is 23.1 Å². The predicted octanol–water partition coefficient (Wildman–Crippen LogP) is 2.78. The van der Waals surface area contributed by atoms with Gasteiger partial charge in [-0.05, 0) is 6.26 Å². The van der Waals surface area contributed by atoms with Crippen molar-refractivity contribution in [3.05, 3.63) is 40.7 Å². The van der Waals surface area contributed by atoms with Crippen LogP contribution in [0.1, 0.15) is 0 Å². The van der Waals surface area contributed by atoms with Gasteiger partial charge in [-0.3, -0.25) is 9.36 Å². The minimum Gasteiger partial charge on any atom is -0.294 e. The lowest BCUT2D eigenvalue weighted by molar-refractivity contribution is 0.853. The minimum atomic E-state index is -0.0968. The van der Waals surface area contributed by atoms with Crippen LogP contribution < -0.4 is 5.56 Å². The summed E-state index contributed by atoms with van der Waals surface area (Å²) in [7, 11) is 1.73. The number of benzene rings is 1. The van der Waals surface area contributed by atoms with Crippen molar-refractivity contribution < 1.29 is 0 Å². The SMILES string of the molecule is CSc1nc2c(=O)n(C)c(-c3ccccc3)nc2s1. The molecular formula is C13H11N3OS2. The van der Waals surface area contributed by atoms with Gasteiger partial charge in [-0.2, -0.15) is 0 Å². The van der Waals surface area contributed by atoms with Crippen LogP contribution in [0.3, 0.4) is 0 Å². The van der Waals surface area contributed by atoms with Gasteiger partial charge in [0.2, 0.25) is 0 Å². The molecule has 0 aliphatic rings. The average molecular weight is 289 g/mol. The number of fused-ring (bicyclic) bond motifs is 1. The largest absolute Gasteiger partial charge is 0.294 e. The zero-order valence-electron chi connectivity index (χ0n) is 10.5. The molecule has 0 N–H and O–H groups in total. The van der Waals surface area contributed by atoms with Crippen LogP contribution in [0, 0.1) is 0 Å². The first-order valence-corrected chi connectivity index (χ1v) is 7.72. The smallest absolute Gasteiger partial charge is 0.280 e. The monoisotopic (exact) mass is 289 g/mol. The summed E-state index contributed by atoms with van der Waals surface area (Å²) in [6.45, 7) is 0. The van der Waals surface area contributed by atoms with Gasteiger partial charge in [0.1, 0.15) is 5.82 Å². The van der Waals surface area contributed by atoms with Gasteiger partial charge in [-0.15, -0.1) is 0 Å². The van der Waals surface area contributed by atoms with E-state index in [0.29, 0.717) is 16.2 Å². The van der Waals surface area contributed by atoms with Gasteiger partial charge in [0.15, 0.2) is 14.7 Å². The Morgan fingerprint density at radius 1 is 1.21 bits per heavy atom. The zero-order valence-corrected chi connectivity index (χ0v) is 12.1. The van der Waals surface area contributed by atoms with Crippen LogP contribution in [-0.2, 0) is 7.05 Å². The molecule has 0 atom stereocenters. The Labute approximate surface area is 118 Å². The van der Waals surface area contributed by atoms with Crippen molar-refractivity contribution in [2.24, 2.45) is 7.05 Å². The lowest BCUT2D eigenvalue weighted by atomic mass is 10.2. The minimum absolute atomic E-state index is 0.0968. The highest BCUT2D eigenvalue weighted by atomic mass is 32.2. The lowest BCUT2D eigenvalue weighted by Gasteiger charge is -2.06. The van der Waals surface area contributed by atoms with Crippen molar-refractivity contribution in [2.45, 2.75) is 4.34 Å². The molecule has 6 heteroatoms. The van der Waals surface area contributed by atoms with Gasteiger partial charge in [0, 0.05) is 12.6 Å². The van der Waals surface area contributed by atoms with E-state index in [1.54, 1.807) is 11.6 Å². The first kappa shape index (κ1) is 12.4. The molecule has 3 rings (SSSR count). The topological polar surface area (TPSA) is 47.8 Å². The molecule has 0 unspecified atom stereocenters. The van der Waals surface area contributed by atoms with Gasteiger partial charge in [0.05, 0.1) is 0 Å². The molecule has 96 valence electrons. The van der Waals surface area contributed by atoms with Crippen molar-refractivity contribution in [1.29, 1.82) is 0 Å². The fourth-order valence-electron chi connectivity index (χ4n) is 1.87. The highest BCUT2D eigenvalue weighted by Crippen LogP contribution is 2.26. The van der Waals surface area contributed by atoms with E-state index in [-0.39, 0.29) is 5.56 Å². The van der Waals surface area contributed by atoms with Crippen LogP contribution in [0.2, 0.25) is 0 Å². The summed E-state index contributed by atoms with van der Waals surface area (Å²) in [5, 5.41) is 0. The molecule has 0 bridgehead atoms. The molecule has 0 fully saturated rings.